The summed E-state index contributed by atoms with van der Waals surface area (Å²) in [5.41, 5.74) is 4.19. The van der Waals surface area contributed by atoms with Gasteiger partial charge in [-0.15, -0.1) is 0 Å². The molecule has 0 aliphatic carbocycles. The highest BCUT2D eigenvalue weighted by atomic mass is 16.5. The van der Waals surface area contributed by atoms with Crippen LogP contribution in [0, 0.1) is 13.8 Å². The number of aromatic hydroxyl groups is 1. The van der Waals surface area contributed by atoms with E-state index in [4.69, 9.17) is 4.74 Å². The molecule has 5 nitrogen and oxygen atoms in total. The molecule has 0 aliphatic rings. The number of benzene rings is 2. The largest absolute Gasteiger partial charge is 0.505 e. The van der Waals surface area contributed by atoms with E-state index in [0.717, 1.165) is 39.3 Å². The van der Waals surface area contributed by atoms with Crippen molar-refractivity contribution in [1.29, 1.82) is 0 Å². The molecule has 2 aromatic carbocycles. The van der Waals surface area contributed by atoms with E-state index >= 15 is 0 Å². The molecule has 0 bridgehead atoms. The standard InChI is InChI=1S/C26H25N3O2/c1-4-14-31-21-7-5-6-20(16-21)24(29-23-15-17(2)12-13-27-23)22-11-10-19-9-8-18(3)28-25(19)26(22)30/h4-13,15-16,24,30H,1,14H2,2-3H3,(H,27,29). The summed E-state index contributed by atoms with van der Waals surface area (Å²) >= 11 is 0. The Morgan fingerprint density at radius 2 is 1.94 bits per heavy atom. The number of anilines is 1. The number of hydrogen-bond donors (Lipinski definition) is 2. The Morgan fingerprint density at radius 1 is 1.10 bits per heavy atom. The highest BCUT2D eigenvalue weighted by molar-refractivity contribution is 5.86. The van der Waals surface area contributed by atoms with Gasteiger partial charge in [0.1, 0.15) is 29.4 Å². The molecule has 2 N–H and O–H groups in total. The molecule has 0 amide bonds. The quantitative estimate of drug-likeness (QED) is 0.381. The molecule has 1 unspecified atom stereocenters. The average molecular weight is 412 g/mol. The van der Waals surface area contributed by atoms with Crippen LogP contribution in [0.15, 0.2) is 79.5 Å². The molecule has 2 aromatic heterocycles. The second-order valence-electron chi connectivity index (χ2n) is 7.50. The van der Waals surface area contributed by atoms with Crippen LogP contribution in [0.3, 0.4) is 0 Å². The van der Waals surface area contributed by atoms with Crippen molar-refractivity contribution in [3.63, 3.8) is 0 Å². The van der Waals surface area contributed by atoms with Gasteiger partial charge in [-0.3, -0.25) is 0 Å². The van der Waals surface area contributed by atoms with Gasteiger partial charge in [0.25, 0.3) is 0 Å². The first-order valence-electron chi connectivity index (χ1n) is 10.2. The predicted octanol–water partition coefficient (Wildman–Crippen LogP) is 5.72. The molecule has 1 atom stereocenters. The summed E-state index contributed by atoms with van der Waals surface area (Å²) in [7, 11) is 0. The van der Waals surface area contributed by atoms with Crippen LogP contribution in [-0.2, 0) is 0 Å². The van der Waals surface area contributed by atoms with Gasteiger partial charge in [-0.25, -0.2) is 9.97 Å². The van der Waals surface area contributed by atoms with Gasteiger partial charge in [0.2, 0.25) is 0 Å². The number of nitrogens with one attached hydrogen (secondary N) is 1. The van der Waals surface area contributed by atoms with Crippen LogP contribution >= 0.6 is 0 Å². The smallest absolute Gasteiger partial charge is 0.147 e. The number of rotatable bonds is 7. The Bertz CT molecular complexity index is 1240. The van der Waals surface area contributed by atoms with Crippen molar-refractivity contribution in [2.24, 2.45) is 0 Å². The van der Waals surface area contributed by atoms with Gasteiger partial charge in [-0.1, -0.05) is 43.0 Å². The fraction of sp³-hybridized carbons (Fsp3) is 0.154. The third-order valence-corrected chi connectivity index (χ3v) is 5.08. The van der Waals surface area contributed by atoms with Crippen molar-refractivity contribution >= 4 is 16.7 Å². The average Bonchev–Trinajstić information content (AvgIpc) is 2.77. The minimum atomic E-state index is -0.353. The first-order chi connectivity index (χ1) is 15.0. The van der Waals surface area contributed by atoms with E-state index in [1.807, 2.05) is 74.5 Å². The molecule has 0 radical (unpaired) electrons. The number of phenolic OH excluding ortho intramolecular Hbond substituents is 1. The Labute approximate surface area is 182 Å². The fourth-order valence-electron chi connectivity index (χ4n) is 3.56. The SMILES string of the molecule is C=CCOc1cccc(C(Nc2cc(C)ccn2)c2ccc3ccc(C)nc3c2O)c1. The number of aromatic nitrogens is 2. The molecule has 31 heavy (non-hydrogen) atoms. The molecule has 4 aromatic rings. The van der Waals surface area contributed by atoms with Gasteiger partial charge >= 0.3 is 0 Å². The highest BCUT2D eigenvalue weighted by Crippen LogP contribution is 2.37. The molecule has 0 saturated heterocycles. The lowest BCUT2D eigenvalue weighted by Gasteiger charge is -2.23. The molecule has 5 heteroatoms. The van der Waals surface area contributed by atoms with E-state index in [2.05, 4.69) is 21.9 Å². The molecule has 0 spiro atoms. The zero-order chi connectivity index (χ0) is 21.8. The van der Waals surface area contributed by atoms with Crippen molar-refractivity contribution < 1.29 is 9.84 Å². The summed E-state index contributed by atoms with van der Waals surface area (Å²) in [6, 6.07) is 19.2. The molecular formula is C26H25N3O2. The van der Waals surface area contributed by atoms with E-state index in [9.17, 15) is 5.11 Å². The first kappa shape index (κ1) is 20.4. The van der Waals surface area contributed by atoms with E-state index in [0.29, 0.717) is 12.1 Å². The zero-order valence-corrected chi connectivity index (χ0v) is 17.7. The molecular weight excluding hydrogens is 386 g/mol. The highest BCUT2D eigenvalue weighted by Gasteiger charge is 2.21. The molecule has 0 fully saturated rings. The lowest BCUT2D eigenvalue weighted by atomic mass is 9.96. The number of fused-ring (bicyclic) bond motifs is 1. The minimum Gasteiger partial charge on any atom is -0.505 e. The van der Waals surface area contributed by atoms with Crippen LogP contribution in [0.25, 0.3) is 10.9 Å². The number of phenols is 1. The Morgan fingerprint density at radius 3 is 2.74 bits per heavy atom. The predicted molar refractivity (Wildman–Crippen MR) is 125 cm³/mol. The van der Waals surface area contributed by atoms with Crippen LogP contribution in [-0.4, -0.2) is 21.7 Å². The van der Waals surface area contributed by atoms with Gasteiger partial charge in [-0.05, 0) is 55.3 Å². The Balaban J connectivity index is 1.83. The van der Waals surface area contributed by atoms with Crippen LogP contribution in [0.2, 0.25) is 0 Å². The maximum atomic E-state index is 11.2. The third-order valence-electron chi connectivity index (χ3n) is 5.08. The summed E-state index contributed by atoms with van der Waals surface area (Å²) in [6.45, 7) is 8.06. The Kier molecular flexibility index (Phi) is 5.85. The van der Waals surface area contributed by atoms with Gasteiger partial charge in [0.05, 0.1) is 6.04 Å². The number of pyridine rings is 2. The van der Waals surface area contributed by atoms with Crippen molar-refractivity contribution in [3.05, 3.63) is 102 Å². The van der Waals surface area contributed by atoms with Gasteiger partial charge < -0.3 is 15.2 Å². The van der Waals surface area contributed by atoms with Crippen LogP contribution < -0.4 is 10.1 Å². The summed E-state index contributed by atoms with van der Waals surface area (Å²) in [4.78, 5) is 9.02. The summed E-state index contributed by atoms with van der Waals surface area (Å²) < 4.78 is 5.73. The molecule has 4 rings (SSSR count). The van der Waals surface area contributed by atoms with Crippen LogP contribution in [0.1, 0.15) is 28.4 Å². The summed E-state index contributed by atoms with van der Waals surface area (Å²) in [6.07, 6.45) is 3.48. The van der Waals surface area contributed by atoms with E-state index in [1.165, 1.54) is 0 Å². The fourth-order valence-corrected chi connectivity index (χ4v) is 3.56. The van der Waals surface area contributed by atoms with E-state index < -0.39 is 0 Å². The molecule has 2 heterocycles. The minimum absolute atomic E-state index is 0.156. The molecule has 0 saturated carbocycles. The maximum Gasteiger partial charge on any atom is 0.147 e. The topological polar surface area (TPSA) is 67.3 Å². The molecule has 0 aliphatic heterocycles. The van der Waals surface area contributed by atoms with Crippen molar-refractivity contribution in [2.45, 2.75) is 19.9 Å². The number of hydrogen-bond acceptors (Lipinski definition) is 5. The zero-order valence-electron chi connectivity index (χ0n) is 17.7. The second-order valence-corrected chi connectivity index (χ2v) is 7.50. The van der Waals surface area contributed by atoms with Crippen molar-refractivity contribution in [1.82, 2.24) is 9.97 Å². The van der Waals surface area contributed by atoms with Crippen molar-refractivity contribution in [3.8, 4) is 11.5 Å². The van der Waals surface area contributed by atoms with Gasteiger partial charge in [-0.2, -0.15) is 0 Å². The van der Waals surface area contributed by atoms with Crippen LogP contribution in [0.4, 0.5) is 5.82 Å². The lowest BCUT2D eigenvalue weighted by molar-refractivity contribution is 0.362. The second kappa shape index (κ2) is 8.88. The van der Waals surface area contributed by atoms with Gasteiger partial charge in [0.15, 0.2) is 0 Å². The molecule has 156 valence electrons. The number of aryl methyl sites for hydroxylation is 2. The normalized spacial score (nSPS) is 11.8. The van der Waals surface area contributed by atoms with Crippen molar-refractivity contribution in [2.75, 3.05) is 11.9 Å². The maximum absolute atomic E-state index is 11.2. The number of ether oxygens (including phenoxy) is 1. The van der Waals surface area contributed by atoms with Gasteiger partial charge in [0, 0.05) is 22.8 Å². The summed E-state index contributed by atoms with van der Waals surface area (Å²) in [5, 5.41) is 15.6. The lowest BCUT2D eigenvalue weighted by Crippen LogP contribution is -2.14. The monoisotopic (exact) mass is 411 g/mol. The Hall–Kier alpha value is -3.86. The van der Waals surface area contributed by atoms with Crippen LogP contribution in [0.5, 0.6) is 11.5 Å². The summed E-state index contributed by atoms with van der Waals surface area (Å²) in [5.74, 6) is 1.61. The first-order valence-corrected chi connectivity index (χ1v) is 10.2. The number of nitrogens with zero attached hydrogens (tertiary/aromatic N) is 2. The van der Waals surface area contributed by atoms with E-state index in [-0.39, 0.29) is 11.8 Å². The third kappa shape index (κ3) is 4.51. The van der Waals surface area contributed by atoms with E-state index in [1.54, 1.807) is 12.3 Å².